The molecule has 2 fully saturated rings. The molecule has 2 aliphatic rings. The van der Waals surface area contributed by atoms with E-state index in [4.69, 9.17) is 25.8 Å². The van der Waals surface area contributed by atoms with Crippen LogP contribution in [0.15, 0.2) is 12.1 Å². The molecule has 6 nitrogen and oxygen atoms in total. The van der Waals surface area contributed by atoms with E-state index in [1.54, 1.807) is 13.2 Å². The number of nitrogens with zero attached hydrogens (tertiary/aromatic N) is 1. The number of aliphatic hydroxyl groups is 2. The van der Waals surface area contributed by atoms with E-state index in [1.165, 1.54) is 0 Å². The lowest BCUT2D eigenvalue weighted by atomic mass is 9.77. The number of likely N-dealkylation sites (tertiary alicyclic amines) is 1. The summed E-state index contributed by atoms with van der Waals surface area (Å²) < 4.78 is 17.6. The Labute approximate surface area is 172 Å². The summed E-state index contributed by atoms with van der Waals surface area (Å²) in [7, 11) is 1.62. The molecule has 1 unspecified atom stereocenters. The third-order valence-corrected chi connectivity index (χ3v) is 5.97. The SMILES string of the molecule is COc1cc(Cl)cc(CN2CCC3(CC2)CC(O)(CO)CCO3)c1OC(C)C. The van der Waals surface area contributed by atoms with Gasteiger partial charge >= 0.3 is 0 Å². The van der Waals surface area contributed by atoms with Crippen molar-refractivity contribution in [2.75, 3.05) is 33.4 Å². The summed E-state index contributed by atoms with van der Waals surface area (Å²) >= 11 is 6.29. The van der Waals surface area contributed by atoms with Gasteiger partial charge in [-0.25, -0.2) is 0 Å². The lowest BCUT2D eigenvalue weighted by Crippen LogP contribution is -2.55. The zero-order valence-electron chi connectivity index (χ0n) is 17.0. The van der Waals surface area contributed by atoms with Crippen LogP contribution in [0.2, 0.25) is 5.02 Å². The lowest BCUT2D eigenvalue weighted by Gasteiger charge is -2.48. The van der Waals surface area contributed by atoms with Crippen molar-refractivity contribution in [3.8, 4) is 11.5 Å². The third kappa shape index (κ3) is 4.92. The van der Waals surface area contributed by atoms with E-state index in [1.807, 2.05) is 19.9 Å². The summed E-state index contributed by atoms with van der Waals surface area (Å²) in [6, 6.07) is 3.72. The van der Waals surface area contributed by atoms with Gasteiger partial charge in [0.05, 0.1) is 37.6 Å². The normalized spacial score (nSPS) is 25.2. The van der Waals surface area contributed by atoms with Crippen LogP contribution in [-0.2, 0) is 11.3 Å². The Kier molecular flexibility index (Phi) is 6.77. The molecule has 3 rings (SSSR count). The van der Waals surface area contributed by atoms with Crippen LogP contribution in [0, 0.1) is 0 Å². The maximum absolute atomic E-state index is 10.5. The van der Waals surface area contributed by atoms with Crippen LogP contribution in [0.1, 0.15) is 45.1 Å². The number of ether oxygens (including phenoxy) is 3. The van der Waals surface area contributed by atoms with Crippen LogP contribution in [-0.4, -0.2) is 65.8 Å². The molecule has 0 bridgehead atoms. The van der Waals surface area contributed by atoms with Crippen LogP contribution in [0.5, 0.6) is 11.5 Å². The number of piperidine rings is 1. The number of halogens is 1. The Morgan fingerprint density at radius 3 is 2.57 bits per heavy atom. The summed E-state index contributed by atoms with van der Waals surface area (Å²) in [6.07, 6.45) is 2.68. The van der Waals surface area contributed by atoms with E-state index in [0.29, 0.717) is 36.8 Å². The van der Waals surface area contributed by atoms with E-state index >= 15 is 0 Å². The van der Waals surface area contributed by atoms with Gasteiger partial charge in [-0.15, -0.1) is 0 Å². The molecule has 2 saturated heterocycles. The fraction of sp³-hybridized carbons (Fsp3) is 0.714. The molecule has 1 aromatic carbocycles. The van der Waals surface area contributed by atoms with Gasteiger partial charge in [-0.2, -0.15) is 0 Å². The van der Waals surface area contributed by atoms with Crippen molar-refractivity contribution in [1.29, 1.82) is 0 Å². The molecule has 0 radical (unpaired) electrons. The van der Waals surface area contributed by atoms with Crippen molar-refractivity contribution in [3.63, 3.8) is 0 Å². The number of benzene rings is 1. The molecule has 0 saturated carbocycles. The second-order valence-electron chi connectivity index (χ2n) is 8.38. The molecule has 1 atom stereocenters. The van der Waals surface area contributed by atoms with Crippen molar-refractivity contribution in [2.24, 2.45) is 0 Å². The zero-order valence-corrected chi connectivity index (χ0v) is 17.8. The molecular weight excluding hydrogens is 382 g/mol. The number of hydrogen-bond donors (Lipinski definition) is 2. The van der Waals surface area contributed by atoms with Gasteiger partial charge in [-0.3, -0.25) is 4.90 Å². The van der Waals surface area contributed by atoms with Gasteiger partial charge in [0.15, 0.2) is 11.5 Å². The molecule has 1 spiro atoms. The first-order valence-electron chi connectivity index (χ1n) is 10.0. The fourth-order valence-electron chi connectivity index (χ4n) is 4.27. The standard InChI is InChI=1S/C21H32ClNO5/c1-15(2)28-19-16(10-17(22)11-18(19)26-3)12-23-7-4-21(5-8-23)13-20(25,14-24)6-9-27-21/h10-11,15,24-25H,4-9,12-14H2,1-3H3. The smallest absolute Gasteiger partial charge is 0.166 e. The summed E-state index contributed by atoms with van der Waals surface area (Å²) in [5.41, 5.74) is -0.348. The summed E-state index contributed by atoms with van der Waals surface area (Å²) in [5, 5.41) is 20.7. The first-order valence-corrected chi connectivity index (χ1v) is 10.4. The third-order valence-electron chi connectivity index (χ3n) is 5.75. The number of hydrogen-bond acceptors (Lipinski definition) is 6. The van der Waals surface area contributed by atoms with Crippen molar-refractivity contribution >= 4 is 11.6 Å². The summed E-state index contributed by atoms with van der Waals surface area (Å²) in [5.74, 6) is 1.39. The van der Waals surface area contributed by atoms with E-state index in [9.17, 15) is 10.2 Å². The minimum absolute atomic E-state index is 0.0326. The van der Waals surface area contributed by atoms with Crippen molar-refractivity contribution in [1.82, 2.24) is 4.90 Å². The minimum atomic E-state index is -1.01. The molecule has 28 heavy (non-hydrogen) atoms. The maximum atomic E-state index is 10.5. The Hall–Kier alpha value is -1.05. The van der Waals surface area contributed by atoms with E-state index in [2.05, 4.69) is 4.90 Å². The van der Waals surface area contributed by atoms with Crippen molar-refractivity contribution in [3.05, 3.63) is 22.7 Å². The van der Waals surface area contributed by atoms with Gasteiger partial charge in [-0.1, -0.05) is 11.6 Å². The quantitative estimate of drug-likeness (QED) is 0.747. The van der Waals surface area contributed by atoms with Gasteiger partial charge in [0.2, 0.25) is 0 Å². The van der Waals surface area contributed by atoms with Crippen LogP contribution in [0.3, 0.4) is 0 Å². The molecule has 7 heteroatoms. The molecular formula is C21H32ClNO5. The van der Waals surface area contributed by atoms with E-state index in [0.717, 1.165) is 37.2 Å². The van der Waals surface area contributed by atoms with Gasteiger partial charge in [0.1, 0.15) is 0 Å². The van der Waals surface area contributed by atoms with E-state index < -0.39 is 5.60 Å². The molecule has 1 aromatic rings. The first-order chi connectivity index (χ1) is 13.3. The number of methoxy groups -OCH3 is 1. The van der Waals surface area contributed by atoms with Crippen molar-refractivity contribution in [2.45, 2.75) is 63.4 Å². The highest BCUT2D eigenvalue weighted by Gasteiger charge is 2.46. The van der Waals surface area contributed by atoms with Gasteiger partial charge < -0.3 is 24.4 Å². The average Bonchev–Trinajstić information content (AvgIpc) is 2.65. The molecule has 2 N–H and O–H groups in total. The van der Waals surface area contributed by atoms with E-state index in [-0.39, 0.29) is 18.3 Å². The molecule has 2 heterocycles. The zero-order chi connectivity index (χ0) is 20.4. The molecule has 2 aliphatic heterocycles. The van der Waals surface area contributed by atoms with Crippen LogP contribution < -0.4 is 9.47 Å². The van der Waals surface area contributed by atoms with Crippen LogP contribution >= 0.6 is 11.6 Å². The first kappa shape index (κ1) is 21.7. The maximum Gasteiger partial charge on any atom is 0.166 e. The number of aliphatic hydroxyl groups excluding tert-OH is 1. The van der Waals surface area contributed by atoms with Crippen LogP contribution in [0.4, 0.5) is 0 Å². The highest BCUT2D eigenvalue weighted by molar-refractivity contribution is 6.30. The predicted molar refractivity (Wildman–Crippen MR) is 108 cm³/mol. The molecule has 0 aromatic heterocycles. The minimum Gasteiger partial charge on any atom is -0.493 e. The summed E-state index contributed by atoms with van der Waals surface area (Å²) in [4.78, 5) is 2.35. The highest BCUT2D eigenvalue weighted by atomic mass is 35.5. The monoisotopic (exact) mass is 413 g/mol. The molecule has 0 amide bonds. The van der Waals surface area contributed by atoms with Crippen LogP contribution in [0.25, 0.3) is 0 Å². The predicted octanol–water partition coefficient (Wildman–Crippen LogP) is 3.00. The second-order valence-corrected chi connectivity index (χ2v) is 8.82. The Balaban J connectivity index is 1.70. The number of rotatable bonds is 6. The lowest BCUT2D eigenvalue weighted by molar-refractivity contribution is -0.189. The summed E-state index contributed by atoms with van der Waals surface area (Å²) in [6.45, 7) is 6.67. The Morgan fingerprint density at radius 1 is 1.25 bits per heavy atom. The topological polar surface area (TPSA) is 71.4 Å². The molecule has 0 aliphatic carbocycles. The molecule has 158 valence electrons. The Bertz CT molecular complexity index is 675. The second kappa shape index (κ2) is 8.76. The van der Waals surface area contributed by atoms with Crippen molar-refractivity contribution < 1.29 is 24.4 Å². The highest BCUT2D eigenvalue weighted by Crippen LogP contribution is 2.41. The largest absolute Gasteiger partial charge is 0.493 e. The van der Waals surface area contributed by atoms with Gasteiger partial charge in [0.25, 0.3) is 0 Å². The average molecular weight is 414 g/mol. The van der Waals surface area contributed by atoms with Gasteiger partial charge in [0, 0.05) is 49.1 Å². The Morgan fingerprint density at radius 2 is 1.96 bits per heavy atom. The fourth-order valence-corrected chi connectivity index (χ4v) is 4.50. The van der Waals surface area contributed by atoms with Gasteiger partial charge in [-0.05, 0) is 32.8 Å².